The van der Waals surface area contributed by atoms with Crippen LogP contribution in [-0.2, 0) is 11.3 Å². The Bertz CT molecular complexity index is 686. The fraction of sp³-hybridized carbons (Fsp3) is 0.438. The number of likely N-dealkylation sites (tertiary alicyclic amines) is 1. The third-order valence-electron chi connectivity index (χ3n) is 4.37. The molecule has 2 aromatic rings. The number of rotatable bonds is 4. The first-order chi connectivity index (χ1) is 10.7. The highest BCUT2D eigenvalue weighted by atomic mass is 79.9. The summed E-state index contributed by atoms with van der Waals surface area (Å²) in [6.45, 7) is 2.60. The summed E-state index contributed by atoms with van der Waals surface area (Å²) in [4.78, 5) is 13.9. The Morgan fingerprint density at radius 2 is 1.95 bits per heavy atom. The predicted octanol–water partition coefficient (Wildman–Crippen LogP) is 2.58. The fourth-order valence-electron chi connectivity index (χ4n) is 2.94. The van der Waals surface area contributed by atoms with E-state index in [2.05, 4.69) is 30.7 Å². The van der Waals surface area contributed by atoms with Crippen molar-refractivity contribution >= 4 is 21.8 Å². The summed E-state index contributed by atoms with van der Waals surface area (Å²) in [5.41, 5.74) is 1.06. The van der Waals surface area contributed by atoms with Crippen molar-refractivity contribution in [1.29, 1.82) is 0 Å². The van der Waals surface area contributed by atoms with Crippen molar-refractivity contribution in [3.63, 3.8) is 0 Å². The highest BCUT2D eigenvalue weighted by Crippen LogP contribution is 2.33. The molecular formula is C16H17BrN4O. The maximum atomic E-state index is 11.9. The third-order valence-corrected chi connectivity index (χ3v) is 4.90. The molecule has 0 spiro atoms. The van der Waals surface area contributed by atoms with Crippen LogP contribution in [-0.4, -0.2) is 38.7 Å². The number of hydrogen-bond acceptors (Lipinski definition) is 3. The van der Waals surface area contributed by atoms with Gasteiger partial charge in [0.1, 0.15) is 6.33 Å². The normalized spacial score (nSPS) is 18.3. The second-order valence-electron chi connectivity index (χ2n) is 6.20. The minimum absolute atomic E-state index is 0.328. The molecule has 0 radical (unpaired) electrons. The average Bonchev–Trinajstić information content (AvgIpc) is 3.22. The maximum Gasteiger partial charge on any atom is 0.225 e. The van der Waals surface area contributed by atoms with Crippen LogP contribution in [0.25, 0.3) is 11.4 Å². The summed E-state index contributed by atoms with van der Waals surface area (Å²) in [7, 11) is 0. The van der Waals surface area contributed by atoms with Crippen LogP contribution in [0.2, 0.25) is 0 Å². The first-order valence-electron chi connectivity index (χ1n) is 7.63. The van der Waals surface area contributed by atoms with E-state index in [0.29, 0.717) is 17.7 Å². The van der Waals surface area contributed by atoms with Gasteiger partial charge < -0.3 is 9.47 Å². The van der Waals surface area contributed by atoms with E-state index in [0.717, 1.165) is 48.3 Å². The molecule has 4 rings (SSSR count). The molecular weight excluding hydrogens is 344 g/mol. The molecule has 0 unspecified atom stereocenters. The Morgan fingerprint density at radius 3 is 2.64 bits per heavy atom. The molecule has 5 nitrogen and oxygen atoms in total. The number of aromatic nitrogens is 3. The van der Waals surface area contributed by atoms with E-state index in [-0.39, 0.29) is 0 Å². The van der Waals surface area contributed by atoms with Gasteiger partial charge in [0.25, 0.3) is 0 Å². The molecule has 2 aliphatic rings. The van der Waals surface area contributed by atoms with Gasteiger partial charge in [0, 0.05) is 41.5 Å². The van der Waals surface area contributed by atoms with Gasteiger partial charge in [-0.25, -0.2) is 0 Å². The van der Waals surface area contributed by atoms with E-state index in [1.165, 1.54) is 0 Å². The van der Waals surface area contributed by atoms with Crippen molar-refractivity contribution in [2.45, 2.75) is 19.4 Å². The summed E-state index contributed by atoms with van der Waals surface area (Å²) in [6, 6.07) is 8.09. The average molecular weight is 361 g/mol. The zero-order valence-corrected chi connectivity index (χ0v) is 13.7. The highest BCUT2D eigenvalue weighted by molar-refractivity contribution is 9.10. The number of carbonyl (C=O) groups excluding carboxylic acids is 1. The van der Waals surface area contributed by atoms with Crippen LogP contribution in [0.1, 0.15) is 12.8 Å². The van der Waals surface area contributed by atoms with E-state index in [1.54, 1.807) is 6.33 Å². The fourth-order valence-corrected chi connectivity index (χ4v) is 3.21. The number of halogens is 1. The molecule has 1 aromatic heterocycles. The van der Waals surface area contributed by atoms with Gasteiger partial charge in [-0.1, -0.05) is 28.1 Å². The molecule has 1 saturated heterocycles. The van der Waals surface area contributed by atoms with Crippen LogP contribution >= 0.6 is 15.9 Å². The molecule has 1 saturated carbocycles. The van der Waals surface area contributed by atoms with Crippen molar-refractivity contribution in [2.75, 3.05) is 13.1 Å². The Balaban J connectivity index is 1.41. The monoisotopic (exact) mass is 360 g/mol. The minimum Gasteiger partial charge on any atom is -0.342 e. The maximum absolute atomic E-state index is 11.9. The Hall–Kier alpha value is -1.69. The molecule has 0 atom stereocenters. The molecule has 1 aliphatic heterocycles. The van der Waals surface area contributed by atoms with Gasteiger partial charge in [0.05, 0.1) is 0 Å². The number of carbonyl (C=O) groups is 1. The summed E-state index contributed by atoms with van der Waals surface area (Å²) >= 11 is 3.44. The molecule has 6 heteroatoms. The quantitative estimate of drug-likeness (QED) is 0.841. The van der Waals surface area contributed by atoms with Crippen molar-refractivity contribution in [3.8, 4) is 11.4 Å². The van der Waals surface area contributed by atoms with Crippen LogP contribution in [0.4, 0.5) is 0 Å². The van der Waals surface area contributed by atoms with E-state index in [4.69, 9.17) is 0 Å². The lowest BCUT2D eigenvalue weighted by atomic mass is 9.99. The van der Waals surface area contributed by atoms with E-state index >= 15 is 0 Å². The van der Waals surface area contributed by atoms with Crippen LogP contribution in [0.5, 0.6) is 0 Å². The first-order valence-corrected chi connectivity index (χ1v) is 8.42. The van der Waals surface area contributed by atoms with Gasteiger partial charge in [0.15, 0.2) is 5.82 Å². The largest absolute Gasteiger partial charge is 0.342 e. The van der Waals surface area contributed by atoms with Gasteiger partial charge in [-0.2, -0.15) is 0 Å². The highest BCUT2D eigenvalue weighted by Gasteiger charge is 2.39. The molecule has 0 N–H and O–H groups in total. The van der Waals surface area contributed by atoms with Crippen molar-refractivity contribution in [1.82, 2.24) is 19.7 Å². The molecule has 22 heavy (non-hydrogen) atoms. The third kappa shape index (κ3) is 2.67. The van der Waals surface area contributed by atoms with E-state index in [9.17, 15) is 4.79 Å². The van der Waals surface area contributed by atoms with Gasteiger partial charge in [-0.05, 0) is 25.0 Å². The van der Waals surface area contributed by atoms with E-state index < -0.39 is 0 Å². The van der Waals surface area contributed by atoms with Crippen LogP contribution in [0.3, 0.4) is 0 Å². The summed E-state index contributed by atoms with van der Waals surface area (Å²) in [5.74, 6) is 2.08. The lowest BCUT2D eigenvalue weighted by Crippen LogP contribution is -2.51. The van der Waals surface area contributed by atoms with Crippen molar-refractivity contribution in [2.24, 2.45) is 11.8 Å². The Morgan fingerprint density at radius 1 is 1.23 bits per heavy atom. The standard InChI is InChI=1S/C16H17BrN4O/c17-14-5-3-12(4-6-14)15-19-18-10-21(15)9-11-7-20(8-11)16(22)13-1-2-13/h3-6,10-11,13H,1-2,7-9H2. The molecule has 1 amide bonds. The van der Waals surface area contributed by atoms with E-state index in [1.807, 2.05) is 29.2 Å². The smallest absolute Gasteiger partial charge is 0.225 e. The SMILES string of the molecule is O=C(C1CC1)N1CC(Cn2cnnc2-c2ccc(Br)cc2)C1. The number of amides is 1. The summed E-state index contributed by atoms with van der Waals surface area (Å²) in [5, 5.41) is 8.28. The molecule has 0 bridgehead atoms. The summed E-state index contributed by atoms with van der Waals surface area (Å²) in [6.07, 6.45) is 3.95. The molecule has 1 aliphatic carbocycles. The molecule has 2 heterocycles. The summed E-state index contributed by atoms with van der Waals surface area (Å²) < 4.78 is 3.14. The second-order valence-corrected chi connectivity index (χ2v) is 7.11. The zero-order valence-electron chi connectivity index (χ0n) is 12.2. The Kier molecular flexibility index (Phi) is 3.48. The zero-order chi connectivity index (χ0) is 15.1. The topological polar surface area (TPSA) is 51.0 Å². The molecule has 1 aromatic carbocycles. The number of nitrogens with zero attached hydrogens (tertiary/aromatic N) is 4. The molecule has 2 fully saturated rings. The van der Waals surface area contributed by atoms with Gasteiger partial charge in [-0.3, -0.25) is 4.79 Å². The predicted molar refractivity (Wildman–Crippen MR) is 86.0 cm³/mol. The van der Waals surface area contributed by atoms with Gasteiger partial charge >= 0.3 is 0 Å². The Labute approximate surface area is 137 Å². The van der Waals surface area contributed by atoms with Crippen LogP contribution in [0, 0.1) is 11.8 Å². The van der Waals surface area contributed by atoms with Crippen LogP contribution < -0.4 is 0 Å². The lowest BCUT2D eigenvalue weighted by Gasteiger charge is -2.39. The second kappa shape index (κ2) is 5.50. The number of benzene rings is 1. The van der Waals surface area contributed by atoms with Crippen molar-refractivity contribution in [3.05, 3.63) is 35.1 Å². The van der Waals surface area contributed by atoms with Crippen molar-refractivity contribution < 1.29 is 4.79 Å². The van der Waals surface area contributed by atoms with Gasteiger partial charge in [0.2, 0.25) is 5.91 Å². The molecule has 114 valence electrons. The lowest BCUT2D eigenvalue weighted by molar-refractivity contribution is -0.139. The first kappa shape index (κ1) is 13.9. The minimum atomic E-state index is 0.328. The van der Waals surface area contributed by atoms with Gasteiger partial charge in [-0.15, -0.1) is 10.2 Å². The van der Waals surface area contributed by atoms with Crippen LogP contribution in [0.15, 0.2) is 35.1 Å². The number of hydrogen-bond donors (Lipinski definition) is 0.